The normalized spacial score (nSPS) is 16.3. The molecule has 1 aliphatic rings. The SMILES string of the molecule is OC(CCN(Cc1cccs1)C1CC1)c1ccc(Br)cc1. The minimum absolute atomic E-state index is 0.373. The van der Waals surface area contributed by atoms with E-state index in [-0.39, 0.29) is 6.10 Å². The average molecular weight is 366 g/mol. The Morgan fingerprint density at radius 3 is 2.62 bits per heavy atom. The van der Waals surface area contributed by atoms with Crippen LogP contribution in [-0.2, 0) is 6.54 Å². The summed E-state index contributed by atoms with van der Waals surface area (Å²) in [5.41, 5.74) is 1.00. The first kappa shape index (κ1) is 15.2. The molecule has 0 spiro atoms. The minimum atomic E-state index is -0.373. The third kappa shape index (κ3) is 4.39. The zero-order valence-electron chi connectivity index (χ0n) is 11.9. The third-order valence-corrected chi connectivity index (χ3v) is 5.34. The molecule has 1 heterocycles. The fraction of sp³-hybridized carbons (Fsp3) is 0.412. The van der Waals surface area contributed by atoms with Gasteiger partial charge in [-0.2, -0.15) is 0 Å². The molecule has 1 unspecified atom stereocenters. The molecular formula is C17H20BrNOS. The largest absolute Gasteiger partial charge is 0.388 e. The molecule has 0 radical (unpaired) electrons. The molecule has 1 aromatic heterocycles. The van der Waals surface area contributed by atoms with E-state index >= 15 is 0 Å². The van der Waals surface area contributed by atoms with E-state index in [9.17, 15) is 5.11 Å². The molecule has 1 atom stereocenters. The fourth-order valence-electron chi connectivity index (χ4n) is 2.57. The van der Waals surface area contributed by atoms with Crippen molar-refractivity contribution in [3.63, 3.8) is 0 Å². The number of hydrogen-bond acceptors (Lipinski definition) is 3. The topological polar surface area (TPSA) is 23.5 Å². The van der Waals surface area contributed by atoms with Gasteiger partial charge in [-0.3, -0.25) is 4.90 Å². The Kier molecular flexibility index (Phi) is 5.11. The lowest BCUT2D eigenvalue weighted by Crippen LogP contribution is -2.27. The van der Waals surface area contributed by atoms with Crippen molar-refractivity contribution in [1.29, 1.82) is 0 Å². The first-order chi connectivity index (χ1) is 10.2. The standard InChI is InChI=1S/C17H20BrNOS/c18-14-5-3-13(4-6-14)17(20)9-10-19(15-7-8-15)12-16-2-1-11-21-16/h1-6,11,15,17,20H,7-10,12H2. The Balaban J connectivity index is 1.55. The van der Waals surface area contributed by atoms with Gasteiger partial charge in [0.05, 0.1) is 6.10 Å². The second-order valence-corrected chi connectivity index (χ2v) is 7.58. The molecule has 1 aliphatic carbocycles. The van der Waals surface area contributed by atoms with Crippen LogP contribution in [0.5, 0.6) is 0 Å². The van der Waals surface area contributed by atoms with Gasteiger partial charge in [-0.15, -0.1) is 11.3 Å². The summed E-state index contributed by atoms with van der Waals surface area (Å²) < 4.78 is 1.05. The Labute approximate surface area is 138 Å². The zero-order chi connectivity index (χ0) is 14.7. The number of benzene rings is 1. The maximum atomic E-state index is 10.3. The summed E-state index contributed by atoms with van der Waals surface area (Å²) in [5, 5.41) is 12.5. The van der Waals surface area contributed by atoms with Crippen molar-refractivity contribution in [2.75, 3.05) is 6.54 Å². The van der Waals surface area contributed by atoms with Crippen molar-refractivity contribution in [2.24, 2.45) is 0 Å². The van der Waals surface area contributed by atoms with E-state index in [1.165, 1.54) is 17.7 Å². The summed E-state index contributed by atoms with van der Waals surface area (Å²) in [7, 11) is 0. The fourth-order valence-corrected chi connectivity index (χ4v) is 3.57. The van der Waals surface area contributed by atoms with Gasteiger partial charge in [0.15, 0.2) is 0 Å². The van der Waals surface area contributed by atoms with E-state index in [1.54, 1.807) is 0 Å². The van der Waals surface area contributed by atoms with Gasteiger partial charge in [0.2, 0.25) is 0 Å². The maximum Gasteiger partial charge on any atom is 0.0802 e. The van der Waals surface area contributed by atoms with E-state index in [0.29, 0.717) is 0 Å². The number of rotatable bonds is 7. The average Bonchev–Trinajstić information content (AvgIpc) is 3.21. The van der Waals surface area contributed by atoms with Crippen molar-refractivity contribution in [2.45, 2.75) is 38.0 Å². The smallest absolute Gasteiger partial charge is 0.0802 e. The molecule has 112 valence electrons. The highest BCUT2D eigenvalue weighted by Crippen LogP contribution is 2.30. The van der Waals surface area contributed by atoms with Gasteiger partial charge in [-0.25, -0.2) is 0 Å². The van der Waals surface area contributed by atoms with Crippen LogP contribution < -0.4 is 0 Å². The first-order valence-electron chi connectivity index (χ1n) is 7.42. The van der Waals surface area contributed by atoms with Crippen molar-refractivity contribution in [3.05, 3.63) is 56.7 Å². The number of thiophene rings is 1. The van der Waals surface area contributed by atoms with Crippen LogP contribution in [0.2, 0.25) is 0 Å². The van der Waals surface area contributed by atoms with Crippen LogP contribution >= 0.6 is 27.3 Å². The molecule has 3 rings (SSSR count). The van der Waals surface area contributed by atoms with Gasteiger partial charge in [0.1, 0.15) is 0 Å². The summed E-state index contributed by atoms with van der Waals surface area (Å²) in [5.74, 6) is 0. The van der Waals surface area contributed by atoms with Crippen molar-refractivity contribution < 1.29 is 5.11 Å². The second kappa shape index (κ2) is 7.05. The molecule has 2 nitrogen and oxygen atoms in total. The zero-order valence-corrected chi connectivity index (χ0v) is 14.3. The molecule has 1 fully saturated rings. The van der Waals surface area contributed by atoms with Gasteiger partial charge in [0, 0.05) is 28.5 Å². The van der Waals surface area contributed by atoms with Crippen molar-refractivity contribution in [1.82, 2.24) is 4.90 Å². The molecular weight excluding hydrogens is 346 g/mol. The molecule has 2 aromatic rings. The number of nitrogens with zero attached hydrogens (tertiary/aromatic N) is 1. The molecule has 0 saturated heterocycles. The predicted octanol–water partition coefficient (Wildman–Crippen LogP) is 4.60. The van der Waals surface area contributed by atoms with E-state index in [1.807, 2.05) is 35.6 Å². The number of aliphatic hydroxyl groups excluding tert-OH is 1. The van der Waals surface area contributed by atoms with Crippen LogP contribution in [0.4, 0.5) is 0 Å². The maximum absolute atomic E-state index is 10.3. The Morgan fingerprint density at radius 1 is 1.24 bits per heavy atom. The van der Waals surface area contributed by atoms with Crippen LogP contribution in [0.15, 0.2) is 46.3 Å². The summed E-state index contributed by atoms with van der Waals surface area (Å²) in [6.45, 7) is 1.98. The molecule has 1 aromatic carbocycles. The lowest BCUT2D eigenvalue weighted by Gasteiger charge is -2.23. The van der Waals surface area contributed by atoms with E-state index in [0.717, 1.165) is 35.6 Å². The van der Waals surface area contributed by atoms with Gasteiger partial charge < -0.3 is 5.11 Å². The molecule has 1 saturated carbocycles. The third-order valence-electron chi connectivity index (χ3n) is 3.95. The van der Waals surface area contributed by atoms with Gasteiger partial charge >= 0.3 is 0 Å². The van der Waals surface area contributed by atoms with Crippen LogP contribution in [0.25, 0.3) is 0 Å². The monoisotopic (exact) mass is 365 g/mol. The first-order valence-corrected chi connectivity index (χ1v) is 9.09. The highest BCUT2D eigenvalue weighted by Gasteiger charge is 2.29. The van der Waals surface area contributed by atoms with Crippen molar-refractivity contribution >= 4 is 27.3 Å². The highest BCUT2D eigenvalue weighted by atomic mass is 79.9. The lowest BCUT2D eigenvalue weighted by molar-refractivity contribution is 0.137. The molecule has 0 aliphatic heterocycles. The van der Waals surface area contributed by atoms with E-state index < -0.39 is 0 Å². The Bertz CT molecular complexity index is 551. The lowest BCUT2D eigenvalue weighted by atomic mass is 10.1. The van der Waals surface area contributed by atoms with Crippen LogP contribution in [0.3, 0.4) is 0 Å². The van der Waals surface area contributed by atoms with E-state index in [4.69, 9.17) is 0 Å². The Hall–Kier alpha value is -0.680. The summed E-state index contributed by atoms with van der Waals surface area (Å²) in [4.78, 5) is 3.94. The molecule has 0 amide bonds. The van der Waals surface area contributed by atoms with Gasteiger partial charge in [-0.05, 0) is 48.4 Å². The van der Waals surface area contributed by atoms with Crippen LogP contribution in [0, 0.1) is 0 Å². The highest BCUT2D eigenvalue weighted by molar-refractivity contribution is 9.10. The van der Waals surface area contributed by atoms with E-state index in [2.05, 4.69) is 38.3 Å². The number of aliphatic hydroxyl groups is 1. The summed E-state index contributed by atoms with van der Waals surface area (Å²) >= 11 is 5.25. The number of hydrogen-bond donors (Lipinski definition) is 1. The predicted molar refractivity (Wildman–Crippen MR) is 91.5 cm³/mol. The molecule has 4 heteroatoms. The number of halogens is 1. The molecule has 1 N–H and O–H groups in total. The molecule has 0 bridgehead atoms. The van der Waals surface area contributed by atoms with Crippen molar-refractivity contribution in [3.8, 4) is 0 Å². The summed E-state index contributed by atoms with van der Waals surface area (Å²) in [6.07, 6.45) is 3.03. The minimum Gasteiger partial charge on any atom is -0.388 e. The van der Waals surface area contributed by atoms with Gasteiger partial charge in [0.25, 0.3) is 0 Å². The quantitative estimate of drug-likeness (QED) is 0.774. The van der Waals surface area contributed by atoms with Crippen LogP contribution in [0.1, 0.15) is 35.8 Å². The van der Waals surface area contributed by atoms with Crippen LogP contribution in [-0.4, -0.2) is 22.6 Å². The van der Waals surface area contributed by atoms with Gasteiger partial charge in [-0.1, -0.05) is 34.1 Å². The molecule has 21 heavy (non-hydrogen) atoms. The summed E-state index contributed by atoms with van der Waals surface area (Å²) in [6, 6.07) is 13.0. The Morgan fingerprint density at radius 2 is 2.00 bits per heavy atom. The second-order valence-electron chi connectivity index (χ2n) is 5.64.